The summed E-state index contributed by atoms with van der Waals surface area (Å²) >= 11 is 0. The number of benzene rings is 1. The van der Waals surface area contributed by atoms with Crippen LogP contribution in [0, 0.1) is 18.7 Å². The molecular formula is C14H17FN2O. The first-order chi connectivity index (χ1) is 8.65. The predicted molar refractivity (Wildman–Crippen MR) is 66.9 cm³/mol. The third-order valence-corrected chi connectivity index (χ3v) is 4.07. The van der Waals surface area contributed by atoms with Gasteiger partial charge in [0.1, 0.15) is 5.82 Å². The highest BCUT2D eigenvalue weighted by atomic mass is 19.1. The number of nitrogens with one attached hydrogen (secondary N) is 1. The molecule has 4 heteroatoms. The number of rotatable bonds is 1. The number of nitrogens with zero attached hydrogens (tertiary/aromatic N) is 1. The van der Waals surface area contributed by atoms with Gasteiger partial charge in [0.25, 0.3) is 5.91 Å². The molecule has 18 heavy (non-hydrogen) atoms. The van der Waals surface area contributed by atoms with Gasteiger partial charge in [-0.1, -0.05) is 6.07 Å². The molecule has 0 bridgehead atoms. The molecule has 0 aromatic heterocycles. The van der Waals surface area contributed by atoms with E-state index < -0.39 is 0 Å². The first-order valence-corrected chi connectivity index (χ1v) is 6.44. The predicted octanol–water partition coefficient (Wildman–Crippen LogP) is 1.57. The molecule has 2 saturated heterocycles. The molecule has 0 radical (unpaired) electrons. The fourth-order valence-corrected chi connectivity index (χ4v) is 2.92. The Morgan fingerprint density at radius 2 is 2.28 bits per heavy atom. The molecule has 0 spiro atoms. The van der Waals surface area contributed by atoms with Gasteiger partial charge in [-0.25, -0.2) is 4.39 Å². The van der Waals surface area contributed by atoms with Crippen LogP contribution >= 0.6 is 0 Å². The Morgan fingerprint density at radius 1 is 1.44 bits per heavy atom. The zero-order valence-electron chi connectivity index (χ0n) is 10.4. The van der Waals surface area contributed by atoms with Crippen molar-refractivity contribution in [1.82, 2.24) is 10.2 Å². The van der Waals surface area contributed by atoms with Crippen molar-refractivity contribution in [2.24, 2.45) is 5.92 Å². The summed E-state index contributed by atoms with van der Waals surface area (Å²) in [7, 11) is 0. The summed E-state index contributed by atoms with van der Waals surface area (Å²) in [5, 5.41) is 3.41. The quantitative estimate of drug-likeness (QED) is 0.818. The fourth-order valence-electron chi connectivity index (χ4n) is 2.92. The molecule has 96 valence electrons. The Labute approximate surface area is 106 Å². The molecule has 0 saturated carbocycles. The SMILES string of the molecule is Cc1ccc(C(=O)N2C[C@@H]3CCN[C@@H]3C2)cc1F. The summed E-state index contributed by atoms with van der Waals surface area (Å²) in [5.74, 6) is 0.215. The third-order valence-electron chi connectivity index (χ3n) is 4.07. The molecule has 0 unspecified atom stereocenters. The van der Waals surface area contributed by atoms with E-state index in [-0.39, 0.29) is 11.7 Å². The van der Waals surface area contributed by atoms with Gasteiger partial charge in [-0.3, -0.25) is 4.79 Å². The van der Waals surface area contributed by atoms with E-state index in [1.807, 2.05) is 4.90 Å². The third kappa shape index (κ3) is 1.90. The summed E-state index contributed by atoms with van der Waals surface area (Å²) in [4.78, 5) is 14.1. The van der Waals surface area contributed by atoms with Crippen LogP contribution in [0.2, 0.25) is 0 Å². The second-order valence-corrected chi connectivity index (χ2v) is 5.28. The van der Waals surface area contributed by atoms with Crippen LogP contribution in [0.1, 0.15) is 22.3 Å². The molecule has 1 amide bonds. The second-order valence-electron chi connectivity index (χ2n) is 5.28. The number of carbonyl (C=O) groups is 1. The topological polar surface area (TPSA) is 32.3 Å². The summed E-state index contributed by atoms with van der Waals surface area (Å²) in [5.41, 5.74) is 1.03. The van der Waals surface area contributed by atoms with Gasteiger partial charge >= 0.3 is 0 Å². The van der Waals surface area contributed by atoms with Crippen LogP contribution in [-0.2, 0) is 0 Å². The number of amides is 1. The molecule has 0 aliphatic carbocycles. The first-order valence-electron chi connectivity index (χ1n) is 6.44. The average molecular weight is 248 g/mol. The minimum Gasteiger partial charge on any atom is -0.337 e. The molecule has 3 rings (SSSR count). The highest BCUT2D eigenvalue weighted by Crippen LogP contribution is 2.26. The Hall–Kier alpha value is -1.42. The van der Waals surface area contributed by atoms with Gasteiger partial charge in [-0.05, 0) is 43.5 Å². The zero-order chi connectivity index (χ0) is 12.7. The largest absolute Gasteiger partial charge is 0.337 e. The lowest BCUT2D eigenvalue weighted by Crippen LogP contribution is -2.34. The standard InChI is InChI=1S/C14H17FN2O/c1-9-2-3-10(6-12(9)15)14(18)17-7-11-4-5-16-13(11)8-17/h2-3,6,11,13,16H,4-5,7-8H2,1H3/t11-,13+/m0/s1. The number of fused-ring (bicyclic) bond motifs is 1. The molecule has 3 nitrogen and oxygen atoms in total. The summed E-state index contributed by atoms with van der Waals surface area (Å²) < 4.78 is 13.5. The second kappa shape index (κ2) is 4.35. The molecule has 1 aromatic carbocycles. The summed E-state index contributed by atoms with van der Waals surface area (Å²) in [6.45, 7) is 4.30. The lowest BCUT2D eigenvalue weighted by molar-refractivity contribution is 0.0782. The normalized spacial score (nSPS) is 26.4. The van der Waals surface area contributed by atoms with Crippen molar-refractivity contribution in [3.05, 3.63) is 35.1 Å². The number of hydrogen-bond donors (Lipinski definition) is 1. The minimum absolute atomic E-state index is 0.0508. The Balaban J connectivity index is 1.77. The molecule has 1 aromatic rings. The van der Waals surface area contributed by atoms with Gasteiger partial charge in [-0.15, -0.1) is 0 Å². The smallest absolute Gasteiger partial charge is 0.254 e. The van der Waals surface area contributed by atoms with Crippen molar-refractivity contribution >= 4 is 5.91 Å². The molecule has 2 heterocycles. The molecule has 2 fully saturated rings. The van der Waals surface area contributed by atoms with E-state index in [1.165, 1.54) is 6.07 Å². The van der Waals surface area contributed by atoms with Crippen LogP contribution in [-0.4, -0.2) is 36.5 Å². The maximum Gasteiger partial charge on any atom is 0.254 e. The van der Waals surface area contributed by atoms with Crippen LogP contribution in [0.4, 0.5) is 4.39 Å². The van der Waals surface area contributed by atoms with Crippen molar-refractivity contribution in [2.45, 2.75) is 19.4 Å². The van der Waals surface area contributed by atoms with Gasteiger partial charge in [0.05, 0.1) is 0 Å². The number of halogens is 1. The Kier molecular flexibility index (Phi) is 2.82. The van der Waals surface area contributed by atoms with Crippen molar-refractivity contribution < 1.29 is 9.18 Å². The van der Waals surface area contributed by atoms with E-state index in [0.29, 0.717) is 23.1 Å². The van der Waals surface area contributed by atoms with E-state index in [1.54, 1.807) is 19.1 Å². The van der Waals surface area contributed by atoms with Crippen LogP contribution < -0.4 is 5.32 Å². The van der Waals surface area contributed by atoms with Gasteiger partial charge in [0.2, 0.25) is 0 Å². The molecule has 1 N–H and O–H groups in total. The van der Waals surface area contributed by atoms with E-state index in [2.05, 4.69) is 5.32 Å². The number of likely N-dealkylation sites (tertiary alicyclic amines) is 1. The van der Waals surface area contributed by atoms with Crippen LogP contribution in [0.15, 0.2) is 18.2 Å². The van der Waals surface area contributed by atoms with Gasteiger partial charge < -0.3 is 10.2 Å². The highest BCUT2D eigenvalue weighted by Gasteiger charge is 2.38. The summed E-state index contributed by atoms with van der Waals surface area (Å²) in [6, 6.07) is 5.16. The zero-order valence-corrected chi connectivity index (χ0v) is 10.4. The number of carbonyl (C=O) groups excluding carboxylic acids is 1. The Bertz CT molecular complexity index is 477. The van der Waals surface area contributed by atoms with Crippen molar-refractivity contribution in [3.8, 4) is 0 Å². The number of hydrogen-bond acceptors (Lipinski definition) is 2. The van der Waals surface area contributed by atoms with E-state index in [4.69, 9.17) is 0 Å². The van der Waals surface area contributed by atoms with Crippen molar-refractivity contribution in [1.29, 1.82) is 0 Å². The Morgan fingerprint density at radius 3 is 3.00 bits per heavy atom. The fraction of sp³-hybridized carbons (Fsp3) is 0.500. The minimum atomic E-state index is -0.307. The van der Waals surface area contributed by atoms with E-state index in [9.17, 15) is 9.18 Å². The molecule has 2 aliphatic rings. The first kappa shape index (κ1) is 11.7. The summed E-state index contributed by atoms with van der Waals surface area (Å²) in [6.07, 6.45) is 1.14. The maximum atomic E-state index is 13.5. The van der Waals surface area contributed by atoms with E-state index in [0.717, 1.165) is 26.1 Å². The van der Waals surface area contributed by atoms with Crippen molar-refractivity contribution in [2.75, 3.05) is 19.6 Å². The number of aryl methyl sites for hydroxylation is 1. The monoisotopic (exact) mass is 248 g/mol. The van der Waals surface area contributed by atoms with Gasteiger partial charge in [0, 0.05) is 24.7 Å². The molecular weight excluding hydrogens is 231 g/mol. The van der Waals surface area contributed by atoms with Crippen molar-refractivity contribution in [3.63, 3.8) is 0 Å². The van der Waals surface area contributed by atoms with E-state index >= 15 is 0 Å². The lowest BCUT2D eigenvalue weighted by atomic mass is 10.1. The van der Waals surface area contributed by atoms with Gasteiger partial charge in [0.15, 0.2) is 0 Å². The van der Waals surface area contributed by atoms with Crippen LogP contribution in [0.25, 0.3) is 0 Å². The van der Waals surface area contributed by atoms with Crippen LogP contribution in [0.3, 0.4) is 0 Å². The van der Waals surface area contributed by atoms with Crippen LogP contribution in [0.5, 0.6) is 0 Å². The average Bonchev–Trinajstić information content (AvgIpc) is 2.92. The maximum absolute atomic E-state index is 13.5. The lowest BCUT2D eigenvalue weighted by Gasteiger charge is -2.17. The molecule has 2 aliphatic heterocycles. The highest BCUT2D eigenvalue weighted by molar-refractivity contribution is 5.94. The molecule has 2 atom stereocenters. The van der Waals surface area contributed by atoms with Gasteiger partial charge in [-0.2, -0.15) is 0 Å².